The second-order valence-electron chi connectivity index (χ2n) is 1.15. The zero-order valence-corrected chi connectivity index (χ0v) is 5.75. The van der Waals surface area contributed by atoms with E-state index in [0.29, 0.717) is 0 Å². The highest BCUT2D eigenvalue weighted by atomic mass is 28.2. The van der Waals surface area contributed by atoms with E-state index in [1.54, 1.807) is 14.1 Å². The largest absolute Gasteiger partial charge is 0.549 e. The van der Waals surface area contributed by atoms with E-state index >= 15 is 0 Å². The number of nitrogens with zero attached hydrogens (tertiary/aromatic N) is 1. The molecule has 1 amide bonds. The van der Waals surface area contributed by atoms with Gasteiger partial charge < -0.3 is 4.90 Å². The minimum Gasteiger partial charge on any atom is -0.351 e. The van der Waals surface area contributed by atoms with Gasteiger partial charge in [0.25, 0.3) is 0 Å². The number of carbonyl (C=O) groups excluding carboxylic acids is 1. The van der Waals surface area contributed by atoms with Crippen LogP contribution in [0.1, 0.15) is 0 Å². The first-order valence-corrected chi connectivity index (χ1v) is 2.61. The van der Waals surface area contributed by atoms with Crippen molar-refractivity contribution in [3.05, 3.63) is 0 Å². The van der Waals surface area contributed by atoms with E-state index in [4.69, 9.17) is 8.92 Å². The molecule has 8 heavy (non-hydrogen) atoms. The molecule has 0 aliphatic rings. The summed E-state index contributed by atoms with van der Waals surface area (Å²) in [5, 5.41) is 0. The fourth-order valence-electron chi connectivity index (χ4n) is 0. The molecule has 0 atom stereocenters. The van der Waals surface area contributed by atoms with Crippen molar-refractivity contribution in [3.63, 3.8) is 0 Å². The van der Waals surface area contributed by atoms with Crippen molar-refractivity contribution in [2.45, 2.75) is 0 Å². The van der Waals surface area contributed by atoms with Crippen molar-refractivity contribution in [3.8, 4) is 0 Å². The van der Waals surface area contributed by atoms with Crippen LogP contribution in [0.4, 0.5) is 0 Å². The van der Waals surface area contributed by atoms with Crippen LogP contribution in [0.2, 0.25) is 0 Å². The minimum absolute atomic E-state index is 0.750. The molecule has 0 aromatic heterocycles. The topological polar surface area (TPSA) is 54.5 Å². The highest BCUT2D eigenvalue weighted by Crippen LogP contribution is 1.52. The molecule has 0 aromatic rings. The van der Waals surface area contributed by atoms with Crippen LogP contribution in [0.5, 0.6) is 0 Å². The number of carbonyl (C=O) groups is 1. The first-order chi connectivity index (χ1) is 3.68. The Morgan fingerprint density at radius 1 is 1.38 bits per heavy atom. The molecule has 5 heteroatoms. The number of amides is 1. The summed E-state index contributed by atoms with van der Waals surface area (Å²) in [6.45, 7) is 0. The van der Waals surface area contributed by atoms with Crippen LogP contribution >= 0.6 is 0 Å². The lowest BCUT2D eigenvalue weighted by Gasteiger charge is -1.93. The van der Waals surface area contributed by atoms with Gasteiger partial charge in [-0.3, -0.25) is 13.7 Å². The van der Waals surface area contributed by atoms with Gasteiger partial charge in [0.05, 0.1) is 0 Å². The molecule has 0 saturated carbocycles. The summed E-state index contributed by atoms with van der Waals surface area (Å²) in [7, 11) is 1.96. The minimum atomic E-state index is -1.42. The van der Waals surface area contributed by atoms with Gasteiger partial charge in [-0.2, -0.15) is 0 Å². The predicted octanol–water partition coefficient (Wildman–Crippen LogP) is -0.914. The van der Waals surface area contributed by atoms with Crippen molar-refractivity contribution >= 4 is 15.7 Å². The monoisotopic (exact) mass is 133 g/mol. The molecule has 0 rings (SSSR count). The Labute approximate surface area is 49.4 Å². The molecule has 0 aliphatic carbocycles. The van der Waals surface area contributed by atoms with Gasteiger partial charge in [0.2, 0.25) is 6.41 Å². The summed E-state index contributed by atoms with van der Waals surface area (Å²) in [5.41, 5.74) is 0. The van der Waals surface area contributed by atoms with E-state index in [0.717, 1.165) is 6.41 Å². The molecule has 0 heterocycles. The molecule has 0 bridgehead atoms. The average molecular weight is 133 g/mol. The Hall–Kier alpha value is -0.713. The summed E-state index contributed by atoms with van der Waals surface area (Å²) in [6, 6.07) is 0. The molecule has 0 aromatic carbocycles. The van der Waals surface area contributed by atoms with Gasteiger partial charge in [-0.1, -0.05) is 0 Å². The molecular weight excluding hydrogens is 126 g/mol. The maximum atomic E-state index is 9.43. The third-order valence-electron chi connectivity index (χ3n) is 0.211. The third kappa shape index (κ3) is 58.7. The summed E-state index contributed by atoms with van der Waals surface area (Å²) in [5.74, 6) is 0. The van der Waals surface area contributed by atoms with Gasteiger partial charge in [-0.25, -0.2) is 0 Å². The van der Waals surface area contributed by atoms with Crippen molar-refractivity contribution in [2.24, 2.45) is 0 Å². The standard InChI is InChI=1S/C3H7NO.O2Si/c1-4(2)3-5;1-3-2/h3H,1-2H3;. The molecule has 0 spiro atoms. The van der Waals surface area contributed by atoms with E-state index in [9.17, 15) is 4.79 Å². The van der Waals surface area contributed by atoms with Crippen molar-refractivity contribution < 1.29 is 13.7 Å². The SMILES string of the molecule is CN(C)C=O.O=[Si]=O. The molecule has 0 aliphatic heterocycles. The fourth-order valence-corrected chi connectivity index (χ4v) is 0. The van der Waals surface area contributed by atoms with Crippen molar-refractivity contribution in [1.82, 2.24) is 4.90 Å². The van der Waals surface area contributed by atoms with Crippen LogP contribution in [0, 0.1) is 0 Å². The van der Waals surface area contributed by atoms with E-state index < -0.39 is 9.29 Å². The summed E-state index contributed by atoms with van der Waals surface area (Å²) >= 11 is 0. The maximum Gasteiger partial charge on any atom is 0.549 e. The molecule has 0 radical (unpaired) electrons. The van der Waals surface area contributed by atoms with Gasteiger partial charge in [-0.15, -0.1) is 0 Å². The smallest absolute Gasteiger partial charge is 0.351 e. The lowest BCUT2D eigenvalue weighted by atomic mass is 11.0. The second kappa shape index (κ2) is 9.56. The zero-order valence-electron chi connectivity index (χ0n) is 4.75. The highest BCUT2D eigenvalue weighted by Gasteiger charge is 1.68. The molecular formula is C3H7NO3Si. The average Bonchev–Trinajstić information content (AvgIpc) is 1.69. The molecule has 46 valence electrons. The third-order valence-corrected chi connectivity index (χ3v) is 0.211. The van der Waals surface area contributed by atoms with Gasteiger partial charge in [-0.05, 0) is 0 Å². The van der Waals surface area contributed by atoms with Gasteiger partial charge in [0.15, 0.2) is 0 Å². The first kappa shape index (κ1) is 10.3. The van der Waals surface area contributed by atoms with Gasteiger partial charge >= 0.3 is 9.29 Å². The quantitative estimate of drug-likeness (QED) is 0.343. The first-order valence-electron chi connectivity index (χ1n) is 1.80. The number of hydrogen-bond acceptors (Lipinski definition) is 3. The van der Waals surface area contributed by atoms with E-state index in [1.165, 1.54) is 4.90 Å². The van der Waals surface area contributed by atoms with Crippen LogP contribution in [0.25, 0.3) is 0 Å². The van der Waals surface area contributed by atoms with Crippen LogP contribution in [0.3, 0.4) is 0 Å². The zero-order chi connectivity index (χ0) is 6.99. The fraction of sp³-hybridized carbons (Fsp3) is 0.667. The van der Waals surface area contributed by atoms with Gasteiger partial charge in [0.1, 0.15) is 0 Å². The van der Waals surface area contributed by atoms with E-state index in [1.807, 2.05) is 0 Å². The van der Waals surface area contributed by atoms with Crippen LogP contribution in [-0.4, -0.2) is 34.7 Å². The maximum absolute atomic E-state index is 9.43. The van der Waals surface area contributed by atoms with Crippen LogP contribution < -0.4 is 0 Å². The lowest BCUT2D eigenvalue weighted by Crippen LogP contribution is -2.06. The Balaban J connectivity index is 0. The van der Waals surface area contributed by atoms with E-state index in [-0.39, 0.29) is 0 Å². The normalized spacial score (nSPS) is 5.25. The Kier molecular flexibility index (Phi) is 12.3. The Morgan fingerprint density at radius 2 is 1.50 bits per heavy atom. The lowest BCUT2D eigenvalue weighted by molar-refractivity contribution is -0.115. The van der Waals surface area contributed by atoms with Crippen LogP contribution in [-0.2, 0) is 13.7 Å². The molecule has 0 N–H and O–H groups in total. The summed E-state index contributed by atoms with van der Waals surface area (Å²) in [4.78, 5) is 10.9. The summed E-state index contributed by atoms with van der Waals surface area (Å²) < 4.78 is 16.8. The number of hydrogen-bond donors (Lipinski definition) is 0. The number of rotatable bonds is 1. The molecule has 0 unspecified atom stereocenters. The molecule has 4 nitrogen and oxygen atoms in total. The Morgan fingerprint density at radius 3 is 1.50 bits per heavy atom. The van der Waals surface area contributed by atoms with Crippen molar-refractivity contribution in [2.75, 3.05) is 14.1 Å². The van der Waals surface area contributed by atoms with E-state index in [2.05, 4.69) is 0 Å². The predicted molar refractivity (Wildman–Crippen MR) is 26.9 cm³/mol. The van der Waals surface area contributed by atoms with Crippen molar-refractivity contribution in [1.29, 1.82) is 0 Å². The highest BCUT2D eigenvalue weighted by molar-refractivity contribution is 5.94. The summed E-state index contributed by atoms with van der Waals surface area (Å²) in [6.07, 6.45) is 0.750. The van der Waals surface area contributed by atoms with Gasteiger partial charge in [0, 0.05) is 14.1 Å². The van der Waals surface area contributed by atoms with Crippen LogP contribution in [0.15, 0.2) is 0 Å². The molecule has 0 fully saturated rings. The Bertz CT molecular complexity index is 86.5. The second-order valence-corrected chi connectivity index (χ2v) is 1.32. The molecule has 0 saturated heterocycles.